The second-order valence-electron chi connectivity index (χ2n) is 9.96. The summed E-state index contributed by atoms with van der Waals surface area (Å²) in [6, 6.07) is 8.64. The van der Waals surface area contributed by atoms with E-state index in [4.69, 9.17) is 27.9 Å². The zero-order valence-corrected chi connectivity index (χ0v) is 23.9. The summed E-state index contributed by atoms with van der Waals surface area (Å²) in [7, 11) is 0. The van der Waals surface area contributed by atoms with Crippen LogP contribution in [0.5, 0.6) is 11.6 Å². The van der Waals surface area contributed by atoms with E-state index in [1.807, 2.05) is 0 Å². The number of pyridine rings is 1. The Kier molecular flexibility index (Phi) is 8.66. The monoisotopic (exact) mass is 649 g/mol. The molecule has 0 saturated carbocycles. The van der Waals surface area contributed by atoms with E-state index in [9.17, 15) is 41.0 Å². The number of aromatic nitrogens is 1. The van der Waals surface area contributed by atoms with E-state index in [0.29, 0.717) is 29.7 Å². The van der Waals surface area contributed by atoms with Gasteiger partial charge in [0.05, 0.1) is 16.6 Å². The minimum absolute atomic E-state index is 0.0183. The SMILES string of the molecule is CCCc1cc(C(O)(C(F)(F)F)C(F)(F)F)ccc1Oc1cc(CN2C(=O)NC(C)(c3ccc(Cl)c(Cl)c3)C2=O)ccn1. The molecule has 7 nitrogen and oxygen atoms in total. The molecule has 0 radical (unpaired) electrons. The molecule has 3 amide bonds. The summed E-state index contributed by atoms with van der Waals surface area (Å²) < 4.78 is 86.2. The number of urea groups is 1. The van der Waals surface area contributed by atoms with Gasteiger partial charge < -0.3 is 15.2 Å². The van der Waals surface area contributed by atoms with Gasteiger partial charge in [-0.3, -0.25) is 9.69 Å². The van der Waals surface area contributed by atoms with E-state index in [2.05, 4.69) is 10.3 Å². The number of alkyl halides is 6. The molecule has 0 spiro atoms. The summed E-state index contributed by atoms with van der Waals surface area (Å²) in [5.41, 5.74) is -7.20. The van der Waals surface area contributed by atoms with Gasteiger partial charge in [0.15, 0.2) is 0 Å². The average Bonchev–Trinajstić information content (AvgIpc) is 3.13. The third kappa shape index (κ3) is 5.98. The van der Waals surface area contributed by atoms with Gasteiger partial charge >= 0.3 is 18.4 Å². The second-order valence-corrected chi connectivity index (χ2v) is 10.8. The van der Waals surface area contributed by atoms with Crippen LogP contribution in [0.4, 0.5) is 31.1 Å². The molecule has 2 heterocycles. The predicted octanol–water partition coefficient (Wildman–Crippen LogP) is 7.41. The number of carbonyl (C=O) groups excluding carboxylic acids is 2. The van der Waals surface area contributed by atoms with Crippen molar-refractivity contribution in [1.82, 2.24) is 15.2 Å². The van der Waals surface area contributed by atoms with E-state index in [1.165, 1.54) is 37.4 Å². The Bertz CT molecular complexity index is 1550. The Morgan fingerprint density at radius 2 is 1.65 bits per heavy atom. The highest BCUT2D eigenvalue weighted by Gasteiger charge is 2.71. The number of carbonyl (C=O) groups is 2. The molecule has 1 fully saturated rings. The van der Waals surface area contributed by atoms with E-state index in [1.54, 1.807) is 13.0 Å². The maximum Gasteiger partial charge on any atom is 0.430 e. The van der Waals surface area contributed by atoms with E-state index >= 15 is 0 Å². The number of amides is 3. The molecule has 43 heavy (non-hydrogen) atoms. The summed E-state index contributed by atoms with van der Waals surface area (Å²) >= 11 is 12.1. The fraction of sp³-hybridized carbons (Fsp3) is 0.321. The summed E-state index contributed by atoms with van der Waals surface area (Å²) in [6.07, 6.45) is -10.4. The number of hydrogen-bond donors (Lipinski definition) is 2. The molecule has 1 aliphatic rings. The van der Waals surface area contributed by atoms with Gasteiger partial charge in [-0.15, -0.1) is 0 Å². The molecule has 15 heteroatoms. The molecule has 2 aromatic carbocycles. The van der Waals surface area contributed by atoms with E-state index < -0.39 is 41.0 Å². The smallest absolute Gasteiger partial charge is 0.430 e. The first-order valence-electron chi connectivity index (χ1n) is 12.6. The molecule has 4 rings (SSSR count). The third-order valence-corrected chi connectivity index (χ3v) is 7.68. The fourth-order valence-corrected chi connectivity index (χ4v) is 4.90. The number of aliphatic hydroxyl groups is 1. The molecule has 1 unspecified atom stereocenters. The molecule has 230 valence electrons. The minimum atomic E-state index is -6.04. The number of ether oxygens (including phenoxy) is 1. The molecule has 0 bridgehead atoms. The zero-order valence-electron chi connectivity index (χ0n) is 22.4. The number of aryl methyl sites for hydroxylation is 1. The molecular formula is C28H23Cl2F6N3O4. The topological polar surface area (TPSA) is 91.8 Å². The molecule has 1 aliphatic heterocycles. The van der Waals surface area contributed by atoms with Gasteiger partial charge in [-0.1, -0.05) is 48.7 Å². The van der Waals surface area contributed by atoms with Crippen molar-refractivity contribution in [2.45, 2.75) is 56.7 Å². The summed E-state index contributed by atoms with van der Waals surface area (Å²) in [6.45, 7) is 2.94. The third-order valence-electron chi connectivity index (χ3n) is 6.94. The van der Waals surface area contributed by atoms with Gasteiger partial charge in [-0.25, -0.2) is 9.78 Å². The molecular weight excluding hydrogens is 627 g/mol. The van der Waals surface area contributed by atoms with Crippen molar-refractivity contribution in [1.29, 1.82) is 0 Å². The highest BCUT2D eigenvalue weighted by molar-refractivity contribution is 6.42. The van der Waals surface area contributed by atoms with Gasteiger partial charge in [-0.05, 0) is 60.4 Å². The Morgan fingerprint density at radius 3 is 2.26 bits per heavy atom. The number of nitrogens with one attached hydrogen (secondary N) is 1. The lowest BCUT2D eigenvalue weighted by atomic mass is 9.90. The lowest BCUT2D eigenvalue weighted by molar-refractivity contribution is -0.376. The lowest BCUT2D eigenvalue weighted by Gasteiger charge is -2.33. The largest absolute Gasteiger partial charge is 0.439 e. The predicted molar refractivity (Wildman–Crippen MR) is 144 cm³/mol. The van der Waals surface area contributed by atoms with Crippen molar-refractivity contribution in [3.05, 3.63) is 87.0 Å². The van der Waals surface area contributed by atoms with Crippen LogP contribution >= 0.6 is 23.2 Å². The summed E-state index contributed by atoms with van der Waals surface area (Å²) in [5.74, 6) is -0.786. The quantitative estimate of drug-likeness (QED) is 0.196. The van der Waals surface area contributed by atoms with Gasteiger partial charge in [0.2, 0.25) is 5.88 Å². The highest BCUT2D eigenvalue weighted by atomic mass is 35.5. The van der Waals surface area contributed by atoms with Crippen molar-refractivity contribution in [2.24, 2.45) is 0 Å². The van der Waals surface area contributed by atoms with Crippen molar-refractivity contribution in [3.63, 3.8) is 0 Å². The Labute approximate surface area is 251 Å². The Balaban J connectivity index is 1.60. The molecule has 0 aliphatic carbocycles. The van der Waals surface area contributed by atoms with Gasteiger partial charge in [-0.2, -0.15) is 26.3 Å². The van der Waals surface area contributed by atoms with Crippen molar-refractivity contribution >= 4 is 35.1 Å². The number of benzene rings is 2. The standard InChI is InChI=1S/C28H23Cl2F6N3O4/c1-3-4-16-12-18(26(42,27(31,32)33)28(34,35)36)6-8-21(16)43-22-11-15(9-10-37-22)14-39-23(40)25(2,38-24(39)41)17-5-7-19(29)20(30)13-17/h5-13,42H,3-4,14H2,1-2H3,(H,38,41). The van der Waals surface area contributed by atoms with Gasteiger partial charge in [0.25, 0.3) is 11.5 Å². The normalized spacial score (nSPS) is 17.8. The van der Waals surface area contributed by atoms with Crippen LogP contribution in [0.3, 0.4) is 0 Å². The lowest BCUT2D eigenvalue weighted by Crippen LogP contribution is -2.53. The maximum atomic E-state index is 13.4. The fourth-order valence-electron chi connectivity index (χ4n) is 4.60. The summed E-state index contributed by atoms with van der Waals surface area (Å²) in [4.78, 5) is 31.1. The highest BCUT2D eigenvalue weighted by Crippen LogP contribution is 2.50. The van der Waals surface area contributed by atoms with Crippen LogP contribution in [0.2, 0.25) is 10.0 Å². The van der Waals surface area contributed by atoms with Crippen molar-refractivity contribution < 1.29 is 45.8 Å². The first kappa shape index (κ1) is 32.4. The Hall–Kier alpha value is -3.55. The first-order chi connectivity index (χ1) is 19.9. The molecule has 1 saturated heterocycles. The van der Waals surface area contributed by atoms with Crippen LogP contribution in [0.25, 0.3) is 0 Å². The van der Waals surface area contributed by atoms with Gasteiger partial charge in [0, 0.05) is 17.8 Å². The van der Waals surface area contributed by atoms with Crippen molar-refractivity contribution in [3.8, 4) is 11.6 Å². The van der Waals surface area contributed by atoms with Crippen molar-refractivity contribution in [2.75, 3.05) is 0 Å². The van der Waals surface area contributed by atoms with Crippen LogP contribution in [-0.2, 0) is 28.9 Å². The molecule has 2 N–H and O–H groups in total. The van der Waals surface area contributed by atoms with Crippen LogP contribution in [0, 0.1) is 0 Å². The first-order valence-corrected chi connectivity index (χ1v) is 13.4. The number of nitrogens with zero attached hydrogens (tertiary/aromatic N) is 2. The van der Waals surface area contributed by atoms with Crippen LogP contribution in [0.1, 0.15) is 42.5 Å². The molecule has 1 aromatic heterocycles. The minimum Gasteiger partial charge on any atom is -0.439 e. The average molecular weight is 650 g/mol. The van der Waals surface area contributed by atoms with Gasteiger partial charge in [0.1, 0.15) is 11.3 Å². The Morgan fingerprint density at radius 1 is 0.977 bits per heavy atom. The van der Waals surface area contributed by atoms with Crippen LogP contribution in [-0.4, -0.2) is 39.3 Å². The second kappa shape index (κ2) is 11.5. The number of rotatable bonds is 8. The van der Waals surface area contributed by atoms with E-state index in [0.717, 1.165) is 11.0 Å². The van der Waals surface area contributed by atoms with E-state index in [-0.39, 0.29) is 40.2 Å². The number of halogens is 8. The summed E-state index contributed by atoms with van der Waals surface area (Å²) in [5, 5.41) is 12.9. The number of hydrogen-bond acceptors (Lipinski definition) is 5. The maximum absolute atomic E-state index is 13.4. The number of imide groups is 1. The van der Waals surface area contributed by atoms with Crippen LogP contribution < -0.4 is 10.1 Å². The van der Waals surface area contributed by atoms with Crippen LogP contribution in [0.15, 0.2) is 54.7 Å². The molecule has 1 atom stereocenters. The zero-order chi connectivity index (χ0) is 32.0. The molecule has 3 aromatic rings.